The van der Waals surface area contributed by atoms with Gasteiger partial charge in [-0.25, -0.2) is 18.4 Å². The second-order valence-corrected chi connectivity index (χ2v) is 3.72. The summed E-state index contributed by atoms with van der Waals surface area (Å²) >= 11 is 0. The summed E-state index contributed by atoms with van der Waals surface area (Å²) in [5.74, 6) is -1.67. The molecular formula is C14H8F2N2O2. The average Bonchev–Trinajstić information content (AvgIpc) is 2.42. The number of nitrogens with one attached hydrogen (secondary N) is 1. The van der Waals surface area contributed by atoms with E-state index in [4.69, 9.17) is 11.3 Å². The summed E-state index contributed by atoms with van der Waals surface area (Å²) in [5.41, 5.74) is -0.755. The third kappa shape index (κ3) is 3.09. The van der Waals surface area contributed by atoms with Crippen molar-refractivity contribution in [1.29, 1.82) is 0 Å². The van der Waals surface area contributed by atoms with Gasteiger partial charge in [-0.3, -0.25) is 5.32 Å². The molecule has 0 unspecified atom stereocenters. The van der Waals surface area contributed by atoms with Crippen LogP contribution in [-0.2, 0) is 0 Å². The van der Waals surface area contributed by atoms with Crippen LogP contribution in [0.25, 0.3) is 4.85 Å². The molecule has 4 nitrogen and oxygen atoms in total. The van der Waals surface area contributed by atoms with Crippen molar-refractivity contribution in [3.05, 3.63) is 65.5 Å². The number of nitrogens with zero attached hydrogens (tertiary/aromatic N) is 1. The monoisotopic (exact) mass is 274 g/mol. The van der Waals surface area contributed by atoms with Gasteiger partial charge in [0.2, 0.25) is 5.69 Å². The molecule has 0 aromatic heterocycles. The number of hydrogen-bond acceptors (Lipinski definition) is 2. The molecule has 1 amide bonds. The van der Waals surface area contributed by atoms with Gasteiger partial charge >= 0.3 is 6.09 Å². The molecule has 0 aliphatic rings. The van der Waals surface area contributed by atoms with Crippen molar-refractivity contribution in [3.63, 3.8) is 0 Å². The maximum absolute atomic E-state index is 13.5. The van der Waals surface area contributed by atoms with E-state index in [1.54, 1.807) is 18.2 Å². The van der Waals surface area contributed by atoms with Gasteiger partial charge in [-0.05, 0) is 18.2 Å². The number of anilines is 1. The predicted molar refractivity (Wildman–Crippen MR) is 68.7 cm³/mol. The normalized spacial score (nSPS) is 9.65. The summed E-state index contributed by atoms with van der Waals surface area (Å²) in [6.45, 7) is 6.84. The molecule has 1 N–H and O–H groups in total. The summed E-state index contributed by atoms with van der Waals surface area (Å²) in [7, 11) is 0. The van der Waals surface area contributed by atoms with E-state index in [1.165, 1.54) is 12.1 Å². The zero-order valence-corrected chi connectivity index (χ0v) is 10.1. The third-order valence-electron chi connectivity index (χ3n) is 2.34. The average molecular weight is 274 g/mol. The van der Waals surface area contributed by atoms with Crippen LogP contribution < -0.4 is 10.1 Å². The third-order valence-corrected chi connectivity index (χ3v) is 2.34. The molecule has 0 saturated carbocycles. The van der Waals surface area contributed by atoms with Gasteiger partial charge in [0.25, 0.3) is 0 Å². The van der Waals surface area contributed by atoms with E-state index in [1.807, 2.05) is 0 Å². The number of carbonyl (C=O) groups excluding carboxylic acids is 1. The Balaban J connectivity index is 2.18. The van der Waals surface area contributed by atoms with Gasteiger partial charge in [0.1, 0.15) is 17.4 Å². The quantitative estimate of drug-likeness (QED) is 0.837. The first kappa shape index (κ1) is 13.5. The molecule has 0 fully saturated rings. The Morgan fingerprint density at radius 3 is 2.55 bits per heavy atom. The fourth-order valence-electron chi connectivity index (χ4n) is 1.50. The Bertz CT molecular complexity index is 682. The Hall–Kier alpha value is -2.94. The van der Waals surface area contributed by atoms with E-state index >= 15 is 0 Å². The minimum absolute atomic E-state index is 0.261. The highest BCUT2D eigenvalue weighted by Gasteiger charge is 2.15. The molecule has 0 heterocycles. The van der Waals surface area contributed by atoms with Gasteiger partial charge in [-0.2, -0.15) is 0 Å². The lowest BCUT2D eigenvalue weighted by molar-refractivity contribution is 0.215. The lowest BCUT2D eigenvalue weighted by Crippen LogP contribution is -2.17. The summed E-state index contributed by atoms with van der Waals surface area (Å²) in [6, 6.07) is 9.53. The predicted octanol–water partition coefficient (Wildman–Crippen LogP) is 4.13. The SMILES string of the molecule is [C-]#[N+]c1cc(F)cc(F)c1NC(=O)Oc1ccccc1. The number of carbonyl (C=O) groups is 1. The van der Waals surface area contributed by atoms with Gasteiger partial charge in [-0.1, -0.05) is 18.2 Å². The van der Waals surface area contributed by atoms with Crippen molar-refractivity contribution in [2.75, 3.05) is 5.32 Å². The summed E-state index contributed by atoms with van der Waals surface area (Å²) in [5, 5.41) is 2.09. The smallest absolute Gasteiger partial charge is 0.410 e. The van der Waals surface area contributed by atoms with E-state index in [9.17, 15) is 13.6 Å². The van der Waals surface area contributed by atoms with Gasteiger partial charge < -0.3 is 4.74 Å². The van der Waals surface area contributed by atoms with E-state index in [2.05, 4.69) is 10.2 Å². The maximum Gasteiger partial charge on any atom is 0.416 e. The summed E-state index contributed by atoms with van der Waals surface area (Å²) in [6.07, 6.45) is -0.966. The Kier molecular flexibility index (Phi) is 3.91. The first-order chi connectivity index (χ1) is 9.60. The first-order valence-corrected chi connectivity index (χ1v) is 5.50. The topological polar surface area (TPSA) is 42.7 Å². The zero-order chi connectivity index (χ0) is 14.5. The number of halogens is 2. The molecule has 100 valence electrons. The molecule has 0 aliphatic heterocycles. The summed E-state index contributed by atoms with van der Waals surface area (Å²) in [4.78, 5) is 14.5. The number of benzene rings is 2. The van der Waals surface area contributed by atoms with Crippen LogP contribution in [0.15, 0.2) is 42.5 Å². The Labute approximate surface area is 113 Å². The number of amides is 1. The van der Waals surface area contributed by atoms with Crippen LogP contribution in [-0.4, -0.2) is 6.09 Å². The highest BCUT2D eigenvalue weighted by atomic mass is 19.1. The van der Waals surface area contributed by atoms with Crippen molar-refractivity contribution < 1.29 is 18.3 Å². The molecule has 6 heteroatoms. The molecule has 2 aromatic carbocycles. The van der Waals surface area contributed by atoms with Gasteiger partial charge in [0.05, 0.1) is 12.3 Å². The minimum Gasteiger partial charge on any atom is -0.410 e. The highest BCUT2D eigenvalue weighted by molar-refractivity contribution is 5.91. The molecule has 0 radical (unpaired) electrons. The van der Waals surface area contributed by atoms with Crippen molar-refractivity contribution in [2.24, 2.45) is 0 Å². The van der Waals surface area contributed by atoms with Crippen LogP contribution in [0.3, 0.4) is 0 Å². The van der Waals surface area contributed by atoms with E-state index in [0.717, 1.165) is 6.07 Å². The lowest BCUT2D eigenvalue weighted by Gasteiger charge is -2.09. The van der Waals surface area contributed by atoms with Crippen LogP contribution in [0.4, 0.5) is 25.0 Å². The van der Waals surface area contributed by atoms with Crippen LogP contribution >= 0.6 is 0 Å². The number of ether oxygens (including phenoxy) is 1. The molecule has 20 heavy (non-hydrogen) atoms. The van der Waals surface area contributed by atoms with Crippen molar-refractivity contribution in [1.82, 2.24) is 0 Å². The van der Waals surface area contributed by atoms with E-state index in [0.29, 0.717) is 6.07 Å². The van der Waals surface area contributed by atoms with E-state index < -0.39 is 23.4 Å². The second kappa shape index (κ2) is 5.80. The molecule has 0 aliphatic carbocycles. The number of hydrogen-bond donors (Lipinski definition) is 1. The van der Waals surface area contributed by atoms with Gasteiger partial charge in [0, 0.05) is 6.07 Å². The zero-order valence-electron chi connectivity index (χ0n) is 10.1. The van der Waals surface area contributed by atoms with Crippen molar-refractivity contribution >= 4 is 17.5 Å². The van der Waals surface area contributed by atoms with Crippen LogP contribution in [0, 0.1) is 18.2 Å². The summed E-state index contributed by atoms with van der Waals surface area (Å²) < 4.78 is 31.4. The second-order valence-electron chi connectivity index (χ2n) is 3.72. The standard InChI is InChI=1S/C14H8F2N2O2/c1-17-12-8-9(15)7-11(16)13(12)18-14(19)20-10-5-3-2-4-6-10/h2-8H,(H,18,19). The van der Waals surface area contributed by atoms with Gasteiger partial charge in [-0.15, -0.1) is 0 Å². The Morgan fingerprint density at radius 1 is 1.20 bits per heavy atom. The molecule has 0 bridgehead atoms. The fourth-order valence-corrected chi connectivity index (χ4v) is 1.50. The molecule has 2 rings (SSSR count). The molecule has 0 atom stereocenters. The van der Waals surface area contributed by atoms with Gasteiger partial charge in [0.15, 0.2) is 0 Å². The first-order valence-electron chi connectivity index (χ1n) is 5.50. The van der Waals surface area contributed by atoms with Crippen molar-refractivity contribution in [2.45, 2.75) is 0 Å². The fraction of sp³-hybridized carbons (Fsp3) is 0. The molecule has 2 aromatic rings. The maximum atomic E-state index is 13.5. The van der Waals surface area contributed by atoms with Crippen molar-refractivity contribution in [3.8, 4) is 5.75 Å². The van der Waals surface area contributed by atoms with Crippen LogP contribution in [0.2, 0.25) is 0 Å². The van der Waals surface area contributed by atoms with Crippen LogP contribution in [0.1, 0.15) is 0 Å². The Morgan fingerprint density at radius 2 is 1.90 bits per heavy atom. The molecule has 0 spiro atoms. The minimum atomic E-state index is -1.04. The lowest BCUT2D eigenvalue weighted by atomic mass is 10.2. The largest absolute Gasteiger partial charge is 0.416 e. The molecular weight excluding hydrogens is 266 g/mol. The highest BCUT2D eigenvalue weighted by Crippen LogP contribution is 2.29. The number of rotatable bonds is 2. The number of para-hydroxylation sites is 1. The molecule has 0 saturated heterocycles. The van der Waals surface area contributed by atoms with Crippen LogP contribution in [0.5, 0.6) is 5.75 Å². The van der Waals surface area contributed by atoms with E-state index in [-0.39, 0.29) is 11.4 Å².